The van der Waals surface area contributed by atoms with Gasteiger partial charge in [-0.1, -0.05) is 0 Å². The zero-order valence-corrected chi connectivity index (χ0v) is 16.3. The van der Waals surface area contributed by atoms with Crippen molar-refractivity contribution in [2.45, 2.75) is 0 Å². The van der Waals surface area contributed by atoms with E-state index in [0.717, 1.165) is 0 Å². The van der Waals surface area contributed by atoms with E-state index in [9.17, 15) is 0 Å². The van der Waals surface area contributed by atoms with Gasteiger partial charge < -0.3 is 16.4 Å². The van der Waals surface area contributed by atoms with E-state index in [4.69, 9.17) is 0 Å². The molecule has 3 nitrogen and oxygen atoms in total. The van der Waals surface area contributed by atoms with Crippen molar-refractivity contribution in [1.29, 1.82) is 0 Å². The van der Waals surface area contributed by atoms with Crippen LogP contribution >= 0.6 is 0 Å². The van der Waals surface area contributed by atoms with Crippen molar-refractivity contribution in [2.75, 3.05) is 0 Å². The van der Waals surface area contributed by atoms with Gasteiger partial charge in [0.05, 0.1) is 0 Å². The molecule has 0 N–H and O–H groups in total. The van der Waals surface area contributed by atoms with Gasteiger partial charge in [-0.05, 0) is 0 Å². The van der Waals surface area contributed by atoms with E-state index in [1.165, 1.54) is 0 Å². The van der Waals surface area contributed by atoms with Gasteiger partial charge in [-0.15, -0.1) is 0 Å². The summed E-state index contributed by atoms with van der Waals surface area (Å²) in [6.45, 7) is 0. The van der Waals surface area contributed by atoms with Crippen LogP contribution < -0.4 is 0 Å². The predicted molar refractivity (Wildman–Crippen MR) is 2.06 cm³/mol. The van der Waals surface area contributed by atoms with Crippen LogP contribution in [-0.2, 0) is 81.8 Å². The smallest absolute Gasteiger partial charge is 2.00 e. The predicted octanol–water partition coefficient (Wildman–Crippen LogP) is -0.361. The Kier molecular flexibility index (Phi) is 446. The van der Waals surface area contributed by atoms with Crippen molar-refractivity contribution in [3.8, 4) is 0 Å². The van der Waals surface area contributed by atoms with Crippen molar-refractivity contribution in [2.24, 2.45) is 0 Å². The first-order valence-corrected chi connectivity index (χ1v) is 0. The van der Waals surface area contributed by atoms with Gasteiger partial charge in [0.2, 0.25) is 0 Å². The van der Waals surface area contributed by atoms with E-state index >= 15 is 0 Å². The van der Waals surface area contributed by atoms with E-state index in [-0.39, 0.29) is 250 Å². The largest absolute Gasteiger partial charge is 3.00 e. The first kappa shape index (κ1) is 69.8. The van der Waals surface area contributed by atoms with E-state index in [2.05, 4.69) is 0 Å². The summed E-state index contributed by atoms with van der Waals surface area (Å²) in [5.74, 6) is 0. The second-order valence-corrected chi connectivity index (χ2v) is 0. The van der Waals surface area contributed by atoms with Gasteiger partial charge in [-0.25, -0.2) is 0 Å². The molecule has 0 fully saturated rings. The first-order chi connectivity index (χ1) is 0. The van der Waals surface area contributed by atoms with Crippen molar-refractivity contribution in [1.82, 2.24) is 0 Å². The van der Waals surface area contributed by atoms with E-state index in [1.54, 1.807) is 0 Å². The number of hydrogen-bond donors (Lipinski definition) is 0. The minimum atomic E-state index is 0. The summed E-state index contributed by atoms with van der Waals surface area (Å²) in [4.78, 5) is 0. The molecule has 0 saturated heterocycles. The standard InChI is InChI=1S/2Er.3O.2Y.2Yb/q2*+3;3*-2;;;;. The third kappa shape index (κ3) is 49.9. The molecule has 0 aromatic rings. The fraction of sp³-hybridized carbons (Fsp3) is 0. The molecule has 9 heteroatoms. The second kappa shape index (κ2) is 57.5. The summed E-state index contributed by atoms with van der Waals surface area (Å²) in [5.41, 5.74) is 0. The molecule has 0 aliphatic carbocycles. The van der Waals surface area contributed by atoms with Crippen LogP contribution in [0.1, 0.15) is 0 Å². The normalized spacial score (nSPS) is 0. The summed E-state index contributed by atoms with van der Waals surface area (Å²) in [6.07, 6.45) is 0. The molecule has 0 saturated carbocycles. The maximum atomic E-state index is 0. The summed E-state index contributed by atoms with van der Waals surface area (Å²) in [5, 5.41) is 0. The summed E-state index contributed by atoms with van der Waals surface area (Å²) < 4.78 is 0. The Morgan fingerprint density at radius 3 is 0.444 bits per heavy atom. The maximum absolute atomic E-state index is 0. The number of rotatable bonds is 0. The fourth-order valence-corrected chi connectivity index (χ4v) is 0. The van der Waals surface area contributed by atoms with Gasteiger partial charge in [-0.2, -0.15) is 0 Å². The Balaban J connectivity index is 0. The Hall–Kier alpha value is 7.62. The molecule has 0 heterocycles. The fourth-order valence-electron chi connectivity index (χ4n) is 0. The average Bonchev–Trinajstić information content (AvgIpc) is 0. The zero-order chi connectivity index (χ0) is 0. The van der Waals surface area contributed by atoms with Gasteiger partial charge in [0.25, 0.3) is 0 Å². The van der Waals surface area contributed by atoms with Gasteiger partial charge in [-0.3, -0.25) is 0 Å². The zero-order valence-electron chi connectivity index (χ0n) is 3.49. The molecule has 0 atom stereocenters. The summed E-state index contributed by atoms with van der Waals surface area (Å²) >= 11 is 0. The summed E-state index contributed by atoms with van der Waals surface area (Å²) in [6, 6.07) is 0. The SMILES string of the molecule is [Er+3].[Er+3].[O-2].[O-2].[O-2].[Y].[Y].[Yb].[Yb]. The van der Waals surface area contributed by atoms with Crippen molar-refractivity contribution in [3.63, 3.8) is 0 Å². The Morgan fingerprint density at radius 2 is 0.444 bits per heavy atom. The average molecular weight is 906 g/mol. The van der Waals surface area contributed by atoms with Crippen molar-refractivity contribution in [3.05, 3.63) is 0 Å². The Morgan fingerprint density at radius 1 is 0.444 bits per heavy atom. The minimum Gasteiger partial charge on any atom is -2.00 e. The first-order valence-electron chi connectivity index (χ1n) is 0. The molecule has 0 rings (SSSR count). The van der Waals surface area contributed by atoms with Gasteiger partial charge in [0, 0.05) is 159 Å². The van der Waals surface area contributed by atoms with Gasteiger partial charge in [0.1, 0.15) is 0 Å². The maximum Gasteiger partial charge on any atom is 3.00 e. The molecule has 0 unspecified atom stereocenters. The van der Waals surface area contributed by atoms with Crippen LogP contribution in [0, 0.1) is 168 Å². The van der Waals surface area contributed by atoms with Gasteiger partial charge in [0.15, 0.2) is 0 Å². The monoisotopic (exact) mass is 906 g/mol. The second-order valence-electron chi connectivity index (χ2n) is 0. The Bertz CT molecular complexity index is 17.8. The van der Waals surface area contributed by atoms with Crippen LogP contribution in [0.4, 0.5) is 0 Å². The summed E-state index contributed by atoms with van der Waals surface area (Å²) in [7, 11) is 0. The van der Waals surface area contributed by atoms with E-state index < -0.39 is 0 Å². The molecule has 76 valence electrons. The van der Waals surface area contributed by atoms with E-state index in [0.29, 0.717) is 0 Å². The quantitative estimate of drug-likeness (QED) is 0.319. The third-order valence-electron chi connectivity index (χ3n) is 0. The van der Waals surface area contributed by atoms with Crippen LogP contribution in [0.2, 0.25) is 0 Å². The topological polar surface area (TPSA) is 85.5 Å². The molecule has 0 spiro atoms. The molecular weight excluding hydrogens is 906 g/mol. The minimum absolute atomic E-state index is 0. The molecule has 0 aromatic heterocycles. The molecular formula is Er2O3Y2Yb2. The number of hydrogen-bond acceptors (Lipinski definition) is 0. The molecule has 0 aliphatic rings. The molecule has 9 heavy (non-hydrogen) atoms. The van der Waals surface area contributed by atoms with Crippen molar-refractivity contribution >= 4 is 0 Å². The van der Waals surface area contributed by atoms with Crippen LogP contribution in [0.15, 0.2) is 0 Å². The van der Waals surface area contributed by atoms with Gasteiger partial charge >= 0.3 is 74.6 Å². The van der Waals surface area contributed by atoms with Crippen LogP contribution in [0.3, 0.4) is 0 Å². The molecule has 0 aromatic carbocycles. The molecule has 4 radical (unpaired) electrons. The molecule has 0 bridgehead atoms. The van der Waals surface area contributed by atoms with Crippen LogP contribution in [0.25, 0.3) is 0 Å². The van der Waals surface area contributed by atoms with Crippen LogP contribution in [-0.4, -0.2) is 0 Å². The van der Waals surface area contributed by atoms with E-state index in [1.807, 2.05) is 0 Å². The Labute approximate surface area is 241 Å². The molecule has 0 amide bonds. The third-order valence-corrected chi connectivity index (χ3v) is 0. The van der Waals surface area contributed by atoms with Crippen LogP contribution in [0.5, 0.6) is 0 Å². The molecule has 0 aliphatic heterocycles. The van der Waals surface area contributed by atoms with Crippen molar-refractivity contribution < 1.29 is 250 Å².